The number of rotatable bonds is 12. The van der Waals surface area contributed by atoms with Gasteiger partial charge in [-0.1, -0.05) is 88.5 Å². The number of benzene rings is 3. The molecule has 0 aliphatic rings. The predicted molar refractivity (Wildman–Crippen MR) is 165 cm³/mol. The van der Waals surface area contributed by atoms with Gasteiger partial charge in [0, 0.05) is 23.5 Å². The number of hydrogen-bond donors (Lipinski definition) is 1. The van der Waals surface area contributed by atoms with Crippen molar-refractivity contribution in [1.82, 2.24) is 10.2 Å². The average Bonchev–Trinajstić information content (AvgIpc) is 2.90. The topological polar surface area (TPSA) is 86.8 Å². The van der Waals surface area contributed by atoms with Crippen LogP contribution in [-0.4, -0.2) is 50.0 Å². The molecule has 3 aromatic carbocycles. The lowest BCUT2D eigenvalue weighted by Crippen LogP contribution is -2.54. The summed E-state index contributed by atoms with van der Waals surface area (Å²) in [6.07, 6.45) is 1.97. The fraction of sp³-hybridized carbons (Fsp3) is 0.310. The number of anilines is 1. The van der Waals surface area contributed by atoms with Crippen LogP contribution in [0.3, 0.4) is 0 Å². The quantitative estimate of drug-likeness (QED) is 0.254. The second-order valence-corrected chi connectivity index (χ2v) is 13.2. The maximum Gasteiger partial charge on any atom is 0.244 e. The average molecular weight is 669 g/mol. The number of sulfonamides is 1. The molecule has 1 N–H and O–H groups in total. The Hall–Kier alpha value is -2.59. The number of nitrogens with one attached hydrogen (secondary N) is 1. The molecule has 0 fully saturated rings. The van der Waals surface area contributed by atoms with Crippen molar-refractivity contribution in [2.24, 2.45) is 0 Å². The minimum atomic E-state index is -3.91. The van der Waals surface area contributed by atoms with Crippen molar-refractivity contribution in [3.8, 4) is 0 Å². The van der Waals surface area contributed by atoms with Gasteiger partial charge in [-0.15, -0.1) is 0 Å². The Bertz CT molecular complexity index is 1440. The molecule has 0 heterocycles. The molecule has 2 amide bonds. The van der Waals surface area contributed by atoms with Crippen molar-refractivity contribution in [3.63, 3.8) is 0 Å². The number of halogens is 3. The molecule has 0 spiro atoms. The Morgan fingerprint density at radius 2 is 1.62 bits per heavy atom. The molecule has 0 aromatic heterocycles. The fourth-order valence-electron chi connectivity index (χ4n) is 4.08. The van der Waals surface area contributed by atoms with Crippen LogP contribution in [0.4, 0.5) is 5.69 Å². The standard InChI is InChI=1S/C29H32BrCl2N3O4S/c1-4-20(2)33-29(37)27(16-21-9-6-5-7-10-21)34(18-22-11-8-12-23(30)15-22)28(36)19-35(40(3,38)39)24-13-14-25(31)26(32)17-24/h5-15,17,20,27H,4,16,18-19H2,1-3H3,(H,33,37). The van der Waals surface area contributed by atoms with E-state index in [0.29, 0.717) is 6.42 Å². The molecule has 0 radical (unpaired) electrons. The summed E-state index contributed by atoms with van der Waals surface area (Å²) in [5.41, 5.74) is 1.83. The minimum Gasteiger partial charge on any atom is -0.352 e. The van der Waals surface area contributed by atoms with Gasteiger partial charge in [-0.25, -0.2) is 8.42 Å². The van der Waals surface area contributed by atoms with Gasteiger partial charge in [-0.2, -0.15) is 0 Å². The Kier molecular flexibility index (Phi) is 11.5. The SMILES string of the molecule is CCC(C)NC(=O)C(Cc1ccccc1)N(Cc1cccc(Br)c1)C(=O)CN(c1ccc(Cl)c(Cl)c1)S(C)(=O)=O. The molecule has 3 rings (SSSR count). The van der Waals surface area contributed by atoms with Crippen LogP contribution in [-0.2, 0) is 32.6 Å². The van der Waals surface area contributed by atoms with E-state index >= 15 is 0 Å². The number of carbonyl (C=O) groups is 2. The highest BCUT2D eigenvalue weighted by molar-refractivity contribution is 9.10. The van der Waals surface area contributed by atoms with E-state index in [4.69, 9.17) is 23.2 Å². The molecule has 0 saturated heterocycles. The van der Waals surface area contributed by atoms with Crippen molar-refractivity contribution in [3.05, 3.63) is 98.4 Å². The molecule has 11 heteroatoms. The van der Waals surface area contributed by atoms with Crippen molar-refractivity contribution >= 4 is 66.7 Å². The second-order valence-electron chi connectivity index (χ2n) is 9.54. The maximum atomic E-state index is 14.1. The second kappa shape index (κ2) is 14.3. The molecule has 0 bridgehead atoms. The van der Waals surface area contributed by atoms with E-state index in [2.05, 4.69) is 21.2 Å². The van der Waals surface area contributed by atoms with Gasteiger partial charge in [-0.3, -0.25) is 13.9 Å². The molecule has 2 unspecified atom stereocenters. The number of hydrogen-bond acceptors (Lipinski definition) is 4. The summed E-state index contributed by atoms with van der Waals surface area (Å²) in [4.78, 5) is 29.2. The summed E-state index contributed by atoms with van der Waals surface area (Å²) in [5.74, 6) is -0.862. The summed E-state index contributed by atoms with van der Waals surface area (Å²) >= 11 is 15.7. The van der Waals surface area contributed by atoms with Gasteiger partial charge in [-0.05, 0) is 54.8 Å². The van der Waals surface area contributed by atoms with Crippen LogP contribution in [0.2, 0.25) is 10.0 Å². The predicted octanol–water partition coefficient (Wildman–Crippen LogP) is 6.08. The van der Waals surface area contributed by atoms with Crippen LogP contribution < -0.4 is 9.62 Å². The Balaban J connectivity index is 2.07. The van der Waals surface area contributed by atoms with Gasteiger partial charge >= 0.3 is 0 Å². The van der Waals surface area contributed by atoms with Crippen molar-refractivity contribution in [2.45, 2.75) is 45.3 Å². The first kappa shape index (κ1) is 31.9. The van der Waals surface area contributed by atoms with E-state index in [0.717, 1.165) is 26.2 Å². The highest BCUT2D eigenvalue weighted by Gasteiger charge is 2.33. The van der Waals surface area contributed by atoms with E-state index in [1.807, 2.05) is 68.4 Å². The lowest BCUT2D eigenvalue weighted by atomic mass is 10.0. The summed E-state index contributed by atoms with van der Waals surface area (Å²) in [6.45, 7) is 3.41. The minimum absolute atomic E-state index is 0.0860. The van der Waals surface area contributed by atoms with Crippen LogP contribution in [0.1, 0.15) is 31.4 Å². The third-order valence-corrected chi connectivity index (χ3v) is 8.76. The zero-order chi connectivity index (χ0) is 29.4. The number of nitrogens with zero attached hydrogens (tertiary/aromatic N) is 2. The molecule has 2 atom stereocenters. The Morgan fingerprint density at radius 1 is 0.950 bits per heavy atom. The zero-order valence-corrected chi connectivity index (χ0v) is 26.4. The van der Waals surface area contributed by atoms with Crippen LogP contribution in [0.25, 0.3) is 0 Å². The smallest absolute Gasteiger partial charge is 0.244 e. The molecule has 40 heavy (non-hydrogen) atoms. The van der Waals surface area contributed by atoms with Gasteiger partial charge < -0.3 is 10.2 Å². The summed E-state index contributed by atoms with van der Waals surface area (Å²) < 4.78 is 27.5. The molecule has 0 aliphatic carbocycles. The van der Waals surface area contributed by atoms with Gasteiger partial charge in [0.2, 0.25) is 21.8 Å². The van der Waals surface area contributed by atoms with Gasteiger partial charge in [0.1, 0.15) is 12.6 Å². The van der Waals surface area contributed by atoms with E-state index in [9.17, 15) is 18.0 Å². The highest BCUT2D eigenvalue weighted by atomic mass is 79.9. The first-order chi connectivity index (χ1) is 18.9. The fourth-order valence-corrected chi connectivity index (χ4v) is 5.66. The summed E-state index contributed by atoms with van der Waals surface area (Å²) in [7, 11) is -3.91. The maximum absolute atomic E-state index is 14.1. The first-order valence-electron chi connectivity index (χ1n) is 12.7. The van der Waals surface area contributed by atoms with Crippen LogP contribution >= 0.6 is 39.1 Å². The van der Waals surface area contributed by atoms with Crippen molar-refractivity contribution in [1.29, 1.82) is 0 Å². The Morgan fingerprint density at radius 3 is 2.23 bits per heavy atom. The van der Waals surface area contributed by atoms with Gasteiger partial charge in [0.05, 0.1) is 22.0 Å². The number of amides is 2. The molecule has 0 aliphatic heterocycles. The van der Waals surface area contributed by atoms with E-state index in [1.165, 1.54) is 23.1 Å². The summed E-state index contributed by atoms with van der Waals surface area (Å²) in [5, 5.41) is 3.41. The van der Waals surface area contributed by atoms with Crippen LogP contribution in [0.15, 0.2) is 77.3 Å². The van der Waals surface area contributed by atoms with Crippen LogP contribution in [0.5, 0.6) is 0 Å². The van der Waals surface area contributed by atoms with Crippen LogP contribution in [0, 0.1) is 0 Å². The lowest BCUT2D eigenvalue weighted by molar-refractivity contribution is -0.140. The molecule has 0 saturated carbocycles. The normalized spacial score (nSPS) is 12.8. The largest absolute Gasteiger partial charge is 0.352 e. The highest BCUT2D eigenvalue weighted by Crippen LogP contribution is 2.29. The van der Waals surface area contributed by atoms with Crippen molar-refractivity contribution < 1.29 is 18.0 Å². The van der Waals surface area contributed by atoms with Gasteiger partial charge in [0.25, 0.3) is 0 Å². The van der Waals surface area contributed by atoms with E-state index < -0.39 is 28.5 Å². The summed E-state index contributed by atoms with van der Waals surface area (Å²) in [6, 6.07) is 20.2. The molecular weight excluding hydrogens is 637 g/mol. The van der Waals surface area contributed by atoms with E-state index in [1.54, 1.807) is 0 Å². The Labute approximate surface area is 254 Å². The molecule has 7 nitrogen and oxygen atoms in total. The molecular formula is C29H32BrCl2N3O4S. The monoisotopic (exact) mass is 667 g/mol. The number of carbonyl (C=O) groups excluding carboxylic acids is 2. The van der Waals surface area contributed by atoms with E-state index in [-0.39, 0.29) is 40.6 Å². The molecule has 214 valence electrons. The first-order valence-corrected chi connectivity index (χ1v) is 16.1. The van der Waals surface area contributed by atoms with Gasteiger partial charge in [0.15, 0.2) is 0 Å². The molecule has 3 aromatic rings. The van der Waals surface area contributed by atoms with Crippen molar-refractivity contribution in [2.75, 3.05) is 17.1 Å². The lowest BCUT2D eigenvalue weighted by Gasteiger charge is -2.34. The third-order valence-electron chi connectivity index (χ3n) is 6.38. The third kappa shape index (κ3) is 8.96. The zero-order valence-electron chi connectivity index (χ0n) is 22.5.